The normalized spacial score (nSPS) is 20.2. The first-order valence-electron chi connectivity index (χ1n) is 6.57. The summed E-state index contributed by atoms with van der Waals surface area (Å²) in [6, 6.07) is 0. The second-order valence-electron chi connectivity index (χ2n) is 4.77. The quantitative estimate of drug-likeness (QED) is 0.800. The second kappa shape index (κ2) is 5.39. The molecule has 94 valence electrons. The van der Waals surface area contributed by atoms with Crippen molar-refractivity contribution in [2.24, 2.45) is 0 Å². The van der Waals surface area contributed by atoms with Crippen LogP contribution in [0.15, 0.2) is 6.20 Å². The highest BCUT2D eigenvalue weighted by atomic mass is 16.5. The van der Waals surface area contributed by atoms with Gasteiger partial charge in [0.25, 0.3) is 0 Å². The van der Waals surface area contributed by atoms with Crippen molar-refractivity contribution in [1.29, 1.82) is 0 Å². The molecule has 0 saturated carbocycles. The second-order valence-corrected chi connectivity index (χ2v) is 4.77. The molecular weight excluding hydrogens is 214 g/mol. The van der Waals surface area contributed by atoms with Gasteiger partial charge in [-0.3, -0.25) is 4.79 Å². The minimum absolute atomic E-state index is 0.0718. The van der Waals surface area contributed by atoms with Gasteiger partial charge in [-0.1, -0.05) is 12.8 Å². The van der Waals surface area contributed by atoms with E-state index in [1.165, 1.54) is 24.0 Å². The Morgan fingerprint density at radius 3 is 3.06 bits per heavy atom. The number of aromatic amines is 1. The molecule has 1 heterocycles. The number of aromatic nitrogens is 1. The van der Waals surface area contributed by atoms with Crippen molar-refractivity contribution in [2.75, 3.05) is 6.61 Å². The Morgan fingerprint density at radius 1 is 1.47 bits per heavy atom. The lowest BCUT2D eigenvalue weighted by Crippen LogP contribution is -2.19. The van der Waals surface area contributed by atoms with Crippen molar-refractivity contribution in [3.05, 3.63) is 23.0 Å². The van der Waals surface area contributed by atoms with Gasteiger partial charge in [0.05, 0.1) is 12.5 Å². The average Bonchev–Trinajstić information content (AvgIpc) is 2.60. The Hall–Kier alpha value is -1.25. The molecule has 0 radical (unpaired) electrons. The molecule has 0 fully saturated rings. The van der Waals surface area contributed by atoms with E-state index in [2.05, 4.69) is 11.9 Å². The van der Waals surface area contributed by atoms with Crippen LogP contribution in [0, 0.1) is 6.92 Å². The standard InChI is InChI=1S/C14H21NO2/c1-3-17-14(16)12-8-6-4-5-7-11-10(2)9-15-13(11)12/h9,12,15H,3-8H2,1-2H3. The summed E-state index contributed by atoms with van der Waals surface area (Å²) in [5.74, 6) is -0.156. The summed E-state index contributed by atoms with van der Waals surface area (Å²) in [7, 11) is 0. The molecule has 17 heavy (non-hydrogen) atoms. The molecular formula is C14H21NO2. The van der Waals surface area contributed by atoms with E-state index in [1.807, 2.05) is 13.1 Å². The highest BCUT2D eigenvalue weighted by Gasteiger charge is 2.27. The number of H-pyrrole nitrogens is 1. The first-order chi connectivity index (χ1) is 8.24. The number of aryl methyl sites for hydroxylation is 1. The van der Waals surface area contributed by atoms with E-state index in [4.69, 9.17) is 4.74 Å². The molecule has 0 amide bonds. The summed E-state index contributed by atoms with van der Waals surface area (Å²) in [4.78, 5) is 15.3. The molecule has 1 unspecified atom stereocenters. The maximum Gasteiger partial charge on any atom is 0.314 e. The van der Waals surface area contributed by atoms with Crippen LogP contribution in [0.3, 0.4) is 0 Å². The lowest BCUT2D eigenvalue weighted by molar-refractivity contribution is -0.145. The van der Waals surface area contributed by atoms with Crippen LogP contribution in [-0.2, 0) is 16.0 Å². The number of esters is 1. The minimum Gasteiger partial charge on any atom is -0.465 e. The van der Waals surface area contributed by atoms with Crippen LogP contribution in [0.2, 0.25) is 0 Å². The summed E-state index contributed by atoms with van der Waals surface area (Å²) < 4.78 is 5.18. The molecule has 0 aliphatic heterocycles. The molecule has 2 rings (SSSR count). The number of ether oxygens (including phenoxy) is 1. The van der Waals surface area contributed by atoms with E-state index in [1.54, 1.807) is 0 Å². The summed E-state index contributed by atoms with van der Waals surface area (Å²) >= 11 is 0. The first kappa shape index (κ1) is 12.2. The van der Waals surface area contributed by atoms with Gasteiger partial charge in [0.15, 0.2) is 0 Å². The van der Waals surface area contributed by atoms with Gasteiger partial charge in [0.1, 0.15) is 0 Å². The van der Waals surface area contributed by atoms with Crippen molar-refractivity contribution < 1.29 is 9.53 Å². The first-order valence-corrected chi connectivity index (χ1v) is 6.57. The summed E-state index contributed by atoms with van der Waals surface area (Å²) in [5, 5.41) is 0. The van der Waals surface area contributed by atoms with Gasteiger partial charge in [-0.25, -0.2) is 0 Å². The van der Waals surface area contributed by atoms with Gasteiger partial charge in [0.2, 0.25) is 0 Å². The molecule has 0 aromatic carbocycles. The third-order valence-corrected chi connectivity index (χ3v) is 3.58. The maximum atomic E-state index is 12.0. The fraction of sp³-hybridized carbons (Fsp3) is 0.643. The van der Waals surface area contributed by atoms with E-state index < -0.39 is 0 Å². The van der Waals surface area contributed by atoms with Crippen LogP contribution in [0.1, 0.15) is 55.3 Å². The minimum atomic E-state index is -0.0843. The van der Waals surface area contributed by atoms with Crippen molar-refractivity contribution >= 4 is 5.97 Å². The van der Waals surface area contributed by atoms with E-state index in [0.29, 0.717) is 6.61 Å². The highest BCUT2D eigenvalue weighted by molar-refractivity contribution is 5.78. The van der Waals surface area contributed by atoms with Crippen LogP contribution in [0.25, 0.3) is 0 Å². The number of carbonyl (C=O) groups excluding carboxylic acids is 1. The molecule has 0 bridgehead atoms. The van der Waals surface area contributed by atoms with Crippen LogP contribution in [0.4, 0.5) is 0 Å². The summed E-state index contributed by atoms with van der Waals surface area (Å²) in [6.07, 6.45) is 7.55. The SMILES string of the molecule is CCOC(=O)C1CCCCCc2c(C)c[nH]c21. The zero-order valence-electron chi connectivity index (χ0n) is 10.7. The van der Waals surface area contributed by atoms with Crippen LogP contribution < -0.4 is 0 Å². The van der Waals surface area contributed by atoms with Gasteiger partial charge in [-0.15, -0.1) is 0 Å². The van der Waals surface area contributed by atoms with Crippen LogP contribution >= 0.6 is 0 Å². The lowest BCUT2D eigenvalue weighted by Gasteiger charge is -2.19. The predicted octanol–water partition coefficient (Wildman–Crippen LogP) is 3.09. The Kier molecular flexibility index (Phi) is 3.87. The number of rotatable bonds is 2. The average molecular weight is 235 g/mol. The molecule has 1 N–H and O–H groups in total. The van der Waals surface area contributed by atoms with Crippen LogP contribution in [0.5, 0.6) is 0 Å². The number of fused-ring (bicyclic) bond motifs is 1. The predicted molar refractivity (Wildman–Crippen MR) is 67.1 cm³/mol. The maximum absolute atomic E-state index is 12.0. The van der Waals surface area contributed by atoms with Gasteiger partial charge >= 0.3 is 5.97 Å². The van der Waals surface area contributed by atoms with Gasteiger partial charge in [0, 0.05) is 11.9 Å². The molecule has 0 saturated heterocycles. The fourth-order valence-corrected chi connectivity index (χ4v) is 2.67. The number of hydrogen-bond donors (Lipinski definition) is 1. The van der Waals surface area contributed by atoms with E-state index in [-0.39, 0.29) is 11.9 Å². The number of carbonyl (C=O) groups is 1. The van der Waals surface area contributed by atoms with Crippen molar-refractivity contribution in [1.82, 2.24) is 4.98 Å². The molecule has 1 aromatic rings. The Bertz CT molecular complexity index is 395. The van der Waals surface area contributed by atoms with E-state index in [9.17, 15) is 4.79 Å². The van der Waals surface area contributed by atoms with Crippen molar-refractivity contribution in [2.45, 2.75) is 51.9 Å². The summed E-state index contributed by atoms with van der Waals surface area (Å²) in [5.41, 5.74) is 3.71. The Balaban J connectivity index is 2.29. The monoisotopic (exact) mass is 235 g/mol. The molecule has 1 atom stereocenters. The third-order valence-electron chi connectivity index (χ3n) is 3.58. The molecule has 0 spiro atoms. The van der Waals surface area contributed by atoms with Crippen molar-refractivity contribution in [3.8, 4) is 0 Å². The Morgan fingerprint density at radius 2 is 2.29 bits per heavy atom. The smallest absolute Gasteiger partial charge is 0.314 e. The number of hydrogen-bond acceptors (Lipinski definition) is 2. The van der Waals surface area contributed by atoms with E-state index >= 15 is 0 Å². The van der Waals surface area contributed by atoms with E-state index in [0.717, 1.165) is 25.0 Å². The Labute approximate surface area is 103 Å². The number of nitrogens with one attached hydrogen (secondary N) is 1. The lowest BCUT2D eigenvalue weighted by atomic mass is 9.89. The largest absolute Gasteiger partial charge is 0.465 e. The van der Waals surface area contributed by atoms with Gasteiger partial charge in [-0.2, -0.15) is 0 Å². The molecule has 1 aromatic heterocycles. The van der Waals surface area contributed by atoms with Gasteiger partial charge < -0.3 is 9.72 Å². The fourth-order valence-electron chi connectivity index (χ4n) is 2.67. The van der Waals surface area contributed by atoms with Gasteiger partial charge in [-0.05, 0) is 44.2 Å². The molecule has 3 heteroatoms. The van der Waals surface area contributed by atoms with Crippen LogP contribution in [-0.4, -0.2) is 17.6 Å². The topological polar surface area (TPSA) is 42.1 Å². The third kappa shape index (κ3) is 2.54. The molecule has 1 aliphatic rings. The zero-order chi connectivity index (χ0) is 12.3. The molecule has 3 nitrogen and oxygen atoms in total. The molecule has 1 aliphatic carbocycles. The van der Waals surface area contributed by atoms with Crippen molar-refractivity contribution in [3.63, 3.8) is 0 Å². The summed E-state index contributed by atoms with van der Waals surface area (Å²) in [6.45, 7) is 4.44. The zero-order valence-corrected chi connectivity index (χ0v) is 10.7. The highest BCUT2D eigenvalue weighted by Crippen LogP contribution is 2.31.